The number of halogens is 1. The van der Waals surface area contributed by atoms with E-state index in [4.69, 9.17) is 21.1 Å². The lowest BCUT2D eigenvalue weighted by Gasteiger charge is -2.12. The molecule has 7 nitrogen and oxygen atoms in total. The Labute approximate surface area is 186 Å². The number of ether oxygens (including phenoxy) is 2. The first-order valence-electron chi connectivity index (χ1n) is 9.23. The molecule has 31 heavy (non-hydrogen) atoms. The molecule has 2 N–H and O–H groups in total. The molecule has 0 aliphatic rings. The molecule has 0 heterocycles. The first-order chi connectivity index (χ1) is 14.8. The van der Waals surface area contributed by atoms with Gasteiger partial charge in [0.2, 0.25) is 0 Å². The fraction of sp³-hybridized carbons (Fsp3) is 0.136. The van der Waals surface area contributed by atoms with Crippen molar-refractivity contribution in [1.29, 1.82) is 0 Å². The lowest BCUT2D eigenvalue weighted by Crippen LogP contribution is -2.20. The number of sulfonamides is 1. The van der Waals surface area contributed by atoms with Crippen molar-refractivity contribution in [3.8, 4) is 11.5 Å². The largest absolute Gasteiger partial charge is 0.497 e. The van der Waals surface area contributed by atoms with Crippen molar-refractivity contribution in [3.63, 3.8) is 0 Å². The van der Waals surface area contributed by atoms with Crippen LogP contribution in [0.15, 0.2) is 71.6 Å². The highest BCUT2D eigenvalue weighted by Crippen LogP contribution is 2.26. The van der Waals surface area contributed by atoms with E-state index in [9.17, 15) is 13.2 Å². The normalized spacial score (nSPS) is 10.9. The maximum absolute atomic E-state index is 12.6. The number of rotatable bonds is 8. The van der Waals surface area contributed by atoms with Crippen LogP contribution in [0.1, 0.15) is 5.56 Å². The van der Waals surface area contributed by atoms with Crippen molar-refractivity contribution < 1.29 is 22.7 Å². The van der Waals surface area contributed by atoms with Crippen molar-refractivity contribution in [2.45, 2.75) is 11.8 Å². The lowest BCUT2D eigenvalue weighted by molar-refractivity contribution is -0.118. The van der Waals surface area contributed by atoms with E-state index >= 15 is 0 Å². The molecule has 0 aliphatic heterocycles. The summed E-state index contributed by atoms with van der Waals surface area (Å²) in [5, 5.41) is 3.13. The van der Waals surface area contributed by atoms with E-state index in [1.807, 2.05) is 0 Å². The van der Waals surface area contributed by atoms with Gasteiger partial charge < -0.3 is 14.8 Å². The Morgan fingerprint density at radius 2 is 1.61 bits per heavy atom. The summed E-state index contributed by atoms with van der Waals surface area (Å²) < 4.78 is 38.3. The number of hydrogen-bond donors (Lipinski definition) is 2. The van der Waals surface area contributed by atoms with Gasteiger partial charge in [-0.15, -0.1) is 0 Å². The zero-order valence-electron chi connectivity index (χ0n) is 16.9. The van der Waals surface area contributed by atoms with Gasteiger partial charge in [-0.05, 0) is 73.2 Å². The van der Waals surface area contributed by atoms with E-state index in [0.29, 0.717) is 33.5 Å². The van der Waals surface area contributed by atoms with Crippen LogP contribution in [-0.4, -0.2) is 28.0 Å². The molecule has 0 saturated carbocycles. The average Bonchev–Trinajstić information content (AvgIpc) is 2.76. The average molecular weight is 461 g/mol. The molecule has 0 spiro atoms. The molecule has 3 aromatic carbocycles. The summed E-state index contributed by atoms with van der Waals surface area (Å²) >= 11 is 6.05. The first kappa shape index (κ1) is 22.5. The summed E-state index contributed by atoms with van der Waals surface area (Å²) in [5.41, 5.74) is 1.48. The summed E-state index contributed by atoms with van der Waals surface area (Å²) in [5.74, 6) is 0.839. The Kier molecular flexibility index (Phi) is 7.04. The van der Waals surface area contributed by atoms with Crippen LogP contribution in [0.2, 0.25) is 5.02 Å². The molecule has 3 aromatic rings. The van der Waals surface area contributed by atoms with E-state index in [1.165, 1.54) is 24.3 Å². The molecule has 0 aromatic heterocycles. The monoisotopic (exact) mass is 460 g/mol. The highest BCUT2D eigenvalue weighted by atomic mass is 35.5. The Hall–Kier alpha value is -3.23. The second kappa shape index (κ2) is 9.72. The minimum Gasteiger partial charge on any atom is -0.497 e. The Morgan fingerprint density at radius 1 is 0.968 bits per heavy atom. The summed E-state index contributed by atoms with van der Waals surface area (Å²) in [7, 11) is -2.24. The van der Waals surface area contributed by atoms with Gasteiger partial charge in [0.15, 0.2) is 6.61 Å². The molecule has 0 radical (unpaired) electrons. The molecule has 1 amide bonds. The second-order valence-electron chi connectivity index (χ2n) is 6.55. The number of hydrogen-bond acceptors (Lipinski definition) is 5. The number of anilines is 2. The second-order valence-corrected chi connectivity index (χ2v) is 8.64. The lowest BCUT2D eigenvalue weighted by atomic mass is 10.2. The van der Waals surface area contributed by atoms with Gasteiger partial charge >= 0.3 is 0 Å². The van der Waals surface area contributed by atoms with Gasteiger partial charge in [0.05, 0.1) is 17.7 Å². The third kappa shape index (κ3) is 5.90. The Morgan fingerprint density at radius 3 is 2.26 bits per heavy atom. The molecule has 0 unspecified atom stereocenters. The molecular formula is C22H21ClN2O5S. The zero-order valence-corrected chi connectivity index (χ0v) is 18.5. The molecule has 0 saturated heterocycles. The molecule has 3 rings (SSSR count). The fourth-order valence-electron chi connectivity index (χ4n) is 2.66. The van der Waals surface area contributed by atoms with E-state index in [-0.39, 0.29) is 17.4 Å². The van der Waals surface area contributed by atoms with Crippen molar-refractivity contribution >= 4 is 38.9 Å². The fourth-order valence-corrected chi connectivity index (χ4v) is 3.95. The van der Waals surface area contributed by atoms with E-state index in [2.05, 4.69) is 10.0 Å². The quantitative estimate of drug-likeness (QED) is 0.517. The number of methoxy groups -OCH3 is 1. The highest BCUT2D eigenvalue weighted by Gasteiger charge is 2.16. The highest BCUT2D eigenvalue weighted by molar-refractivity contribution is 7.92. The minimum absolute atomic E-state index is 0.0550. The standard InChI is InChI=1S/C22H21ClN2O5S/c1-15-20(23)4-3-5-21(15)25-31(27,28)19-12-6-16(7-13-19)24-22(26)14-30-18-10-8-17(29-2)9-11-18/h3-13,25H,14H2,1-2H3,(H,24,26). The van der Waals surface area contributed by atoms with Crippen LogP contribution in [0.25, 0.3) is 0 Å². The van der Waals surface area contributed by atoms with E-state index in [1.54, 1.807) is 56.5 Å². The summed E-state index contributed by atoms with van der Waals surface area (Å²) in [6.45, 7) is 1.54. The van der Waals surface area contributed by atoms with E-state index < -0.39 is 10.0 Å². The van der Waals surface area contributed by atoms with Crippen LogP contribution in [-0.2, 0) is 14.8 Å². The van der Waals surface area contributed by atoms with Gasteiger partial charge in [-0.2, -0.15) is 0 Å². The van der Waals surface area contributed by atoms with Crippen LogP contribution in [0.4, 0.5) is 11.4 Å². The summed E-state index contributed by atoms with van der Waals surface area (Å²) in [6, 6.07) is 17.7. The molecule has 0 bridgehead atoms. The number of carbonyl (C=O) groups excluding carboxylic acids is 1. The third-order valence-corrected chi connectivity index (χ3v) is 6.18. The van der Waals surface area contributed by atoms with Crippen LogP contribution < -0.4 is 19.5 Å². The third-order valence-electron chi connectivity index (χ3n) is 4.39. The number of amides is 1. The van der Waals surface area contributed by atoms with Crippen LogP contribution >= 0.6 is 11.6 Å². The molecule has 0 atom stereocenters. The maximum Gasteiger partial charge on any atom is 0.262 e. The smallest absolute Gasteiger partial charge is 0.262 e. The van der Waals surface area contributed by atoms with E-state index in [0.717, 1.165) is 0 Å². The van der Waals surface area contributed by atoms with Gasteiger partial charge in [0, 0.05) is 10.7 Å². The first-order valence-corrected chi connectivity index (χ1v) is 11.1. The van der Waals surface area contributed by atoms with Crippen LogP contribution in [0, 0.1) is 6.92 Å². The topological polar surface area (TPSA) is 93.7 Å². The van der Waals surface area contributed by atoms with Gasteiger partial charge in [0.25, 0.3) is 15.9 Å². The van der Waals surface area contributed by atoms with Crippen molar-refractivity contribution in [2.75, 3.05) is 23.8 Å². The Balaban J connectivity index is 1.59. The van der Waals surface area contributed by atoms with Gasteiger partial charge in [-0.25, -0.2) is 8.42 Å². The van der Waals surface area contributed by atoms with Crippen molar-refractivity contribution in [3.05, 3.63) is 77.3 Å². The van der Waals surface area contributed by atoms with Crippen LogP contribution in [0.5, 0.6) is 11.5 Å². The van der Waals surface area contributed by atoms with Crippen LogP contribution in [0.3, 0.4) is 0 Å². The summed E-state index contributed by atoms with van der Waals surface area (Å²) in [6.07, 6.45) is 0. The number of carbonyl (C=O) groups is 1. The summed E-state index contributed by atoms with van der Waals surface area (Å²) in [4.78, 5) is 12.2. The van der Waals surface area contributed by atoms with Crippen molar-refractivity contribution in [1.82, 2.24) is 0 Å². The predicted molar refractivity (Wildman–Crippen MR) is 121 cm³/mol. The Bertz CT molecular complexity index is 1160. The molecular weight excluding hydrogens is 440 g/mol. The van der Waals surface area contributed by atoms with Gasteiger partial charge in [-0.3, -0.25) is 9.52 Å². The predicted octanol–water partition coefficient (Wildman–Crippen LogP) is 4.48. The molecule has 0 fully saturated rings. The number of benzene rings is 3. The molecule has 162 valence electrons. The SMILES string of the molecule is COc1ccc(OCC(=O)Nc2ccc(S(=O)(=O)Nc3cccc(Cl)c3C)cc2)cc1. The zero-order chi connectivity index (χ0) is 22.4. The number of nitrogens with one attached hydrogen (secondary N) is 2. The van der Waals surface area contributed by atoms with Gasteiger partial charge in [0.1, 0.15) is 11.5 Å². The van der Waals surface area contributed by atoms with Crippen molar-refractivity contribution in [2.24, 2.45) is 0 Å². The minimum atomic E-state index is -3.81. The van der Waals surface area contributed by atoms with Gasteiger partial charge in [-0.1, -0.05) is 17.7 Å². The maximum atomic E-state index is 12.6. The molecule has 0 aliphatic carbocycles. The molecule has 9 heteroatoms.